The molecule has 1 saturated heterocycles. The monoisotopic (exact) mass is 302 g/mol. The molecule has 0 unspecified atom stereocenters. The molecule has 1 aliphatic rings. The standard InChI is InChI=1S/CH5O3P.Pb/c1-5(2,3)4;/h1H3,(H2,2,3,4);/q;+2/p-2. The molecule has 1 rings (SSSR count). The van der Waals surface area contributed by atoms with E-state index in [9.17, 15) is 4.57 Å². The summed E-state index contributed by atoms with van der Waals surface area (Å²) in [5, 5.41) is 0. The van der Waals surface area contributed by atoms with Gasteiger partial charge in [0.05, 0.1) is 0 Å². The van der Waals surface area contributed by atoms with E-state index in [-0.39, 0.29) is 0 Å². The normalized spacial score (nSPS) is 28.8. The molecular weight excluding hydrogens is 298 g/mol. The molecular formula is CH3O3PPb. The molecule has 34 valence electrons. The molecule has 0 saturated carbocycles. The van der Waals surface area contributed by atoms with E-state index in [0.717, 1.165) is 0 Å². The predicted octanol–water partition coefficient (Wildman–Crippen LogP) is 0.390. The summed E-state index contributed by atoms with van der Waals surface area (Å²) in [6.45, 7) is 1.49. The zero-order valence-electron chi connectivity index (χ0n) is 3.17. The first kappa shape index (κ1) is 5.21. The van der Waals surface area contributed by atoms with Crippen LogP contribution in [0.2, 0.25) is 0 Å². The van der Waals surface area contributed by atoms with Crippen LogP contribution < -0.4 is 0 Å². The van der Waals surface area contributed by atoms with Crippen molar-refractivity contribution in [1.29, 1.82) is 0 Å². The van der Waals surface area contributed by atoms with E-state index in [1.807, 2.05) is 0 Å². The average molecular weight is 301 g/mol. The Labute approximate surface area is 49.1 Å². The van der Waals surface area contributed by atoms with E-state index in [2.05, 4.69) is 4.95 Å². The van der Waals surface area contributed by atoms with Crippen LogP contribution in [0.1, 0.15) is 0 Å². The van der Waals surface area contributed by atoms with E-state index in [0.29, 0.717) is 0 Å². The molecule has 0 aromatic heterocycles. The second kappa shape index (κ2) is 1.54. The van der Waals surface area contributed by atoms with Crippen molar-refractivity contribution in [3.63, 3.8) is 0 Å². The molecule has 2 radical (unpaired) electrons. The minimum absolute atomic E-state index is 1.15. The summed E-state index contributed by atoms with van der Waals surface area (Å²) in [5.74, 6) is 0. The van der Waals surface area contributed by atoms with E-state index in [1.54, 1.807) is 0 Å². The maximum atomic E-state index is 10.3. The van der Waals surface area contributed by atoms with Crippen LogP contribution in [0.3, 0.4) is 0 Å². The molecule has 0 aromatic rings. The van der Waals surface area contributed by atoms with E-state index >= 15 is 0 Å². The van der Waals surface area contributed by atoms with Crippen molar-refractivity contribution in [3.05, 3.63) is 0 Å². The van der Waals surface area contributed by atoms with Crippen molar-refractivity contribution in [1.82, 2.24) is 0 Å². The Morgan fingerprint density at radius 1 is 1.67 bits per heavy atom. The van der Waals surface area contributed by atoms with Gasteiger partial charge in [0.2, 0.25) is 0 Å². The van der Waals surface area contributed by atoms with Crippen LogP contribution in [-0.2, 0) is 9.51 Å². The average Bonchev–Trinajstić information content (AvgIpc) is 1.32. The van der Waals surface area contributed by atoms with Crippen LogP contribution in [0.25, 0.3) is 0 Å². The second-order valence-electron chi connectivity index (χ2n) is 1.04. The predicted molar refractivity (Wildman–Crippen MR) is 21.5 cm³/mol. The summed E-state index contributed by atoms with van der Waals surface area (Å²) < 4.78 is 19.6. The first-order chi connectivity index (χ1) is 2.71. The Morgan fingerprint density at radius 3 is 2.00 bits per heavy atom. The van der Waals surface area contributed by atoms with Crippen LogP contribution in [0.15, 0.2) is 0 Å². The van der Waals surface area contributed by atoms with Crippen LogP contribution in [0.5, 0.6) is 0 Å². The second-order valence-corrected chi connectivity index (χ2v) is 7.85. The van der Waals surface area contributed by atoms with Crippen LogP contribution in [0.4, 0.5) is 0 Å². The van der Waals surface area contributed by atoms with Gasteiger partial charge in [-0.25, -0.2) is 0 Å². The zero-order chi connectivity index (χ0) is 4.62. The van der Waals surface area contributed by atoms with Crippen molar-refractivity contribution in [2.45, 2.75) is 0 Å². The van der Waals surface area contributed by atoms with Crippen molar-refractivity contribution < 1.29 is 9.51 Å². The SMILES string of the molecule is CP1(=O)[O][Pb][O]1. The molecule has 3 nitrogen and oxygen atoms in total. The Hall–Kier alpha value is 1.07. The summed E-state index contributed by atoms with van der Waals surface area (Å²) in [6.07, 6.45) is 0. The van der Waals surface area contributed by atoms with E-state index in [1.165, 1.54) is 6.66 Å². The third-order valence-electron chi connectivity index (χ3n) is 0.406. The van der Waals surface area contributed by atoms with Gasteiger partial charge in [-0.3, -0.25) is 0 Å². The number of hydrogen-bond donors (Lipinski definition) is 0. The molecule has 6 heavy (non-hydrogen) atoms. The van der Waals surface area contributed by atoms with Gasteiger partial charge in [0.25, 0.3) is 0 Å². The summed E-state index contributed by atoms with van der Waals surface area (Å²) in [4.78, 5) is 0. The zero-order valence-corrected chi connectivity index (χ0v) is 7.95. The van der Waals surface area contributed by atoms with Gasteiger partial charge in [-0.15, -0.1) is 0 Å². The van der Waals surface area contributed by atoms with Gasteiger partial charge < -0.3 is 0 Å². The van der Waals surface area contributed by atoms with Gasteiger partial charge in [0.1, 0.15) is 0 Å². The molecule has 1 fully saturated rings. The summed E-state index contributed by atoms with van der Waals surface area (Å²) in [5.41, 5.74) is 0. The van der Waals surface area contributed by atoms with Gasteiger partial charge in [-0.2, -0.15) is 0 Å². The first-order valence-corrected chi connectivity index (χ1v) is 6.57. The fourth-order valence-electron chi connectivity index (χ4n) is 0.142. The number of hydrogen-bond acceptors (Lipinski definition) is 3. The molecule has 0 aliphatic carbocycles. The van der Waals surface area contributed by atoms with Gasteiger partial charge in [0.15, 0.2) is 0 Å². The van der Waals surface area contributed by atoms with E-state index < -0.39 is 32.7 Å². The van der Waals surface area contributed by atoms with Gasteiger partial charge in [0, 0.05) is 0 Å². The summed E-state index contributed by atoms with van der Waals surface area (Å²) >= 11 is -1.15. The van der Waals surface area contributed by atoms with Gasteiger partial charge in [-0.05, 0) is 0 Å². The molecule has 0 amide bonds. The van der Waals surface area contributed by atoms with Crippen molar-refractivity contribution >= 4 is 32.7 Å². The summed E-state index contributed by atoms with van der Waals surface area (Å²) in [7, 11) is -2.38. The third kappa shape index (κ3) is 1.02. The minimum atomic E-state index is -2.38. The maximum absolute atomic E-state index is 10.3. The summed E-state index contributed by atoms with van der Waals surface area (Å²) in [6, 6.07) is 0. The molecule has 0 bridgehead atoms. The Morgan fingerprint density at radius 2 is 2.00 bits per heavy atom. The fraction of sp³-hybridized carbons (Fsp3) is 1.00. The van der Waals surface area contributed by atoms with Gasteiger partial charge in [-0.1, -0.05) is 0 Å². The van der Waals surface area contributed by atoms with Crippen LogP contribution in [-0.4, -0.2) is 31.8 Å². The molecule has 0 N–H and O–H groups in total. The first-order valence-electron chi connectivity index (χ1n) is 1.40. The topological polar surface area (TPSA) is 35.5 Å². The Kier molecular flexibility index (Phi) is 1.34. The van der Waals surface area contributed by atoms with Crippen molar-refractivity contribution in [3.8, 4) is 0 Å². The number of rotatable bonds is 0. The molecule has 0 spiro atoms. The molecule has 0 atom stereocenters. The molecule has 1 heterocycles. The van der Waals surface area contributed by atoms with Crippen LogP contribution in [0, 0.1) is 0 Å². The fourth-order valence-corrected chi connectivity index (χ4v) is 3.74. The Balaban J connectivity index is 2.53. The van der Waals surface area contributed by atoms with Gasteiger partial charge >= 0.3 is 48.9 Å². The quantitative estimate of drug-likeness (QED) is 0.480. The van der Waals surface area contributed by atoms with Crippen LogP contribution >= 0.6 is 7.60 Å². The molecule has 0 aromatic carbocycles. The molecule has 1 aliphatic heterocycles. The molecule has 5 heteroatoms. The van der Waals surface area contributed by atoms with Crippen molar-refractivity contribution in [2.24, 2.45) is 0 Å². The Bertz CT molecular complexity index is 93.0. The van der Waals surface area contributed by atoms with E-state index in [4.69, 9.17) is 0 Å². The third-order valence-corrected chi connectivity index (χ3v) is 10.7. The van der Waals surface area contributed by atoms with Crippen molar-refractivity contribution in [2.75, 3.05) is 6.66 Å².